The smallest absolute Gasteiger partial charge is 0.146 e. The van der Waals surface area contributed by atoms with Gasteiger partial charge in [-0.25, -0.2) is 0 Å². The Labute approximate surface area is 148 Å². The molecule has 0 saturated heterocycles. The molecule has 1 saturated carbocycles. The van der Waals surface area contributed by atoms with Gasteiger partial charge in [0.15, 0.2) is 0 Å². The minimum absolute atomic E-state index is 0.158. The Bertz CT molecular complexity index is 861. The number of allylic oxidation sites excluding steroid dienone is 1. The number of hydrogen-bond donors (Lipinski definition) is 0. The number of hydrogen-bond acceptors (Lipinski definition) is 3. The van der Waals surface area contributed by atoms with E-state index in [0.717, 1.165) is 46.6 Å². The van der Waals surface area contributed by atoms with Crippen molar-refractivity contribution in [1.29, 1.82) is 0 Å². The van der Waals surface area contributed by atoms with Crippen LogP contribution < -0.4 is 4.90 Å². The minimum Gasteiger partial charge on any atom is -0.378 e. The number of carbonyl (C=O) groups excluding carboxylic acids is 1. The minimum atomic E-state index is -0.158. The van der Waals surface area contributed by atoms with Gasteiger partial charge in [-0.15, -0.1) is 0 Å². The van der Waals surface area contributed by atoms with Gasteiger partial charge in [-0.2, -0.15) is 0 Å². The lowest BCUT2D eigenvalue weighted by molar-refractivity contribution is -0.120. The zero-order chi connectivity index (χ0) is 17.4. The molecule has 0 bridgehead atoms. The molecule has 2 aromatic carbocycles. The van der Waals surface area contributed by atoms with Gasteiger partial charge >= 0.3 is 0 Å². The molecule has 0 N–H and O–H groups in total. The summed E-state index contributed by atoms with van der Waals surface area (Å²) in [5, 5.41) is 0. The lowest BCUT2D eigenvalue weighted by atomic mass is 9.79. The molecule has 0 radical (unpaired) electrons. The molecule has 1 heterocycles. The Morgan fingerprint density at radius 3 is 2.32 bits per heavy atom. The van der Waals surface area contributed by atoms with Gasteiger partial charge in [0.2, 0.25) is 0 Å². The van der Waals surface area contributed by atoms with Gasteiger partial charge in [0.1, 0.15) is 5.78 Å². The van der Waals surface area contributed by atoms with Crippen molar-refractivity contribution >= 4 is 28.5 Å². The molecule has 2 aliphatic rings. The normalized spacial score (nSPS) is 19.7. The van der Waals surface area contributed by atoms with E-state index in [1.165, 1.54) is 0 Å². The summed E-state index contributed by atoms with van der Waals surface area (Å²) in [5.41, 5.74) is 6.43. The van der Waals surface area contributed by atoms with Crippen molar-refractivity contribution in [2.75, 3.05) is 19.0 Å². The number of aliphatic imine (C=N–C) groups is 1. The molecule has 0 spiro atoms. The number of benzene rings is 2. The predicted octanol–water partition coefficient (Wildman–Crippen LogP) is 4.44. The third-order valence-corrected chi connectivity index (χ3v) is 5.05. The first kappa shape index (κ1) is 15.8. The molecule has 3 nitrogen and oxygen atoms in total. The summed E-state index contributed by atoms with van der Waals surface area (Å²) in [6.07, 6.45) is 2.50. The van der Waals surface area contributed by atoms with Crippen molar-refractivity contribution in [3.05, 3.63) is 65.7 Å². The highest BCUT2D eigenvalue weighted by Crippen LogP contribution is 2.43. The Morgan fingerprint density at radius 1 is 0.920 bits per heavy atom. The van der Waals surface area contributed by atoms with Crippen molar-refractivity contribution in [3.8, 4) is 0 Å². The summed E-state index contributed by atoms with van der Waals surface area (Å²) in [7, 11) is 4.07. The third kappa shape index (κ3) is 2.80. The van der Waals surface area contributed by atoms with Crippen molar-refractivity contribution in [2.24, 2.45) is 10.9 Å². The fourth-order valence-electron chi connectivity index (χ4n) is 3.77. The summed E-state index contributed by atoms with van der Waals surface area (Å²) in [6.45, 7) is 0. The third-order valence-electron chi connectivity index (χ3n) is 5.05. The highest BCUT2D eigenvalue weighted by molar-refractivity contribution is 6.24. The van der Waals surface area contributed by atoms with E-state index in [-0.39, 0.29) is 5.92 Å². The van der Waals surface area contributed by atoms with Gasteiger partial charge in [-0.05, 0) is 30.5 Å². The molecular formula is C22H22N2O. The molecule has 1 unspecified atom stereocenters. The van der Waals surface area contributed by atoms with Crippen LogP contribution in [-0.2, 0) is 4.79 Å². The van der Waals surface area contributed by atoms with Gasteiger partial charge < -0.3 is 4.90 Å². The van der Waals surface area contributed by atoms with Crippen LogP contribution in [0.1, 0.15) is 30.4 Å². The number of anilines is 1. The molecule has 0 aromatic heterocycles. The molecule has 4 rings (SSSR count). The number of nitrogens with zero attached hydrogens (tertiary/aromatic N) is 2. The maximum atomic E-state index is 12.7. The van der Waals surface area contributed by atoms with E-state index in [4.69, 9.17) is 4.99 Å². The molecule has 1 fully saturated rings. The average molecular weight is 330 g/mol. The quantitative estimate of drug-likeness (QED) is 0.833. The van der Waals surface area contributed by atoms with Crippen LogP contribution in [0.25, 0.3) is 11.3 Å². The number of ketones is 1. The second kappa shape index (κ2) is 6.32. The lowest BCUT2D eigenvalue weighted by Crippen LogP contribution is -2.27. The SMILES string of the molecule is CN(C)c1ccc(C2=C(c3ccccc3)N=C3CCCC(=O)C32)cc1. The average Bonchev–Trinajstić information content (AvgIpc) is 3.03. The summed E-state index contributed by atoms with van der Waals surface area (Å²) >= 11 is 0. The maximum absolute atomic E-state index is 12.7. The summed E-state index contributed by atoms with van der Waals surface area (Å²) in [4.78, 5) is 19.7. The first-order valence-electron chi connectivity index (χ1n) is 8.82. The molecule has 25 heavy (non-hydrogen) atoms. The number of carbonyl (C=O) groups is 1. The van der Waals surface area contributed by atoms with E-state index in [9.17, 15) is 4.79 Å². The maximum Gasteiger partial charge on any atom is 0.146 e. The predicted molar refractivity (Wildman–Crippen MR) is 104 cm³/mol. The summed E-state index contributed by atoms with van der Waals surface area (Å²) in [5.74, 6) is 0.150. The van der Waals surface area contributed by atoms with Gasteiger partial charge in [-0.1, -0.05) is 42.5 Å². The Morgan fingerprint density at radius 2 is 1.64 bits per heavy atom. The Hall–Kier alpha value is -2.68. The van der Waals surface area contributed by atoms with E-state index < -0.39 is 0 Å². The molecule has 2 aromatic rings. The molecule has 0 amide bonds. The summed E-state index contributed by atoms with van der Waals surface area (Å²) in [6, 6.07) is 18.7. The fourth-order valence-corrected chi connectivity index (χ4v) is 3.77. The monoisotopic (exact) mass is 330 g/mol. The lowest BCUT2D eigenvalue weighted by Gasteiger charge is -2.22. The molecule has 126 valence electrons. The van der Waals surface area contributed by atoms with E-state index in [2.05, 4.69) is 41.3 Å². The zero-order valence-corrected chi connectivity index (χ0v) is 14.7. The highest BCUT2D eigenvalue weighted by Gasteiger charge is 2.38. The van der Waals surface area contributed by atoms with Gasteiger partial charge in [0.25, 0.3) is 0 Å². The molecule has 1 aliphatic carbocycles. The zero-order valence-electron chi connectivity index (χ0n) is 14.7. The first-order chi connectivity index (χ1) is 12.1. The van der Waals surface area contributed by atoms with Crippen LogP contribution in [0.5, 0.6) is 0 Å². The highest BCUT2D eigenvalue weighted by atomic mass is 16.1. The standard InChI is InChI=1S/C22H22N2O/c1-24(2)17-13-11-15(12-14-17)20-21-18(9-6-10-19(21)25)23-22(20)16-7-4-3-5-8-16/h3-5,7-8,11-14,21H,6,9-10H2,1-2H3. The van der Waals surface area contributed by atoms with Crippen LogP contribution in [0.15, 0.2) is 59.6 Å². The summed E-state index contributed by atoms with van der Waals surface area (Å²) < 4.78 is 0. The van der Waals surface area contributed by atoms with Gasteiger partial charge in [-0.3, -0.25) is 9.79 Å². The van der Waals surface area contributed by atoms with Crippen LogP contribution in [0, 0.1) is 5.92 Å². The van der Waals surface area contributed by atoms with Crippen molar-refractivity contribution < 1.29 is 4.79 Å². The van der Waals surface area contributed by atoms with E-state index in [1.54, 1.807) is 0 Å². The van der Waals surface area contributed by atoms with E-state index >= 15 is 0 Å². The Balaban J connectivity index is 1.86. The molecular weight excluding hydrogens is 308 g/mol. The van der Waals surface area contributed by atoms with Gasteiger partial charge in [0, 0.05) is 43.1 Å². The number of Topliss-reactive ketones (excluding diaryl/α,β-unsaturated/α-hetero) is 1. The van der Waals surface area contributed by atoms with Crippen molar-refractivity contribution in [3.63, 3.8) is 0 Å². The number of fused-ring (bicyclic) bond motifs is 1. The second-order valence-electron chi connectivity index (χ2n) is 6.93. The Kier molecular flexibility index (Phi) is 4.00. The van der Waals surface area contributed by atoms with Crippen molar-refractivity contribution in [1.82, 2.24) is 0 Å². The van der Waals surface area contributed by atoms with Crippen LogP contribution in [0.2, 0.25) is 0 Å². The topological polar surface area (TPSA) is 32.7 Å². The van der Waals surface area contributed by atoms with Crippen LogP contribution >= 0.6 is 0 Å². The van der Waals surface area contributed by atoms with Crippen LogP contribution in [0.4, 0.5) is 5.69 Å². The van der Waals surface area contributed by atoms with E-state index in [1.807, 2.05) is 32.3 Å². The van der Waals surface area contributed by atoms with Crippen LogP contribution in [-0.4, -0.2) is 25.6 Å². The molecule has 1 aliphatic heterocycles. The van der Waals surface area contributed by atoms with Crippen molar-refractivity contribution in [2.45, 2.75) is 19.3 Å². The van der Waals surface area contributed by atoms with E-state index in [0.29, 0.717) is 12.2 Å². The first-order valence-corrected chi connectivity index (χ1v) is 8.82. The second-order valence-corrected chi connectivity index (χ2v) is 6.93. The molecule has 3 heteroatoms. The number of rotatable bonds is 3. The molecule has 1 atom stereocenters. The van der Waals surface area contributed by atoms with Crippen LogP contribution in [0.3, 0.4) is 0 Å². The largest absolute Gasteiger partial charge is 0.378 e. The fraction of sp³-hybridized carbons (Fsp3) is 0.273. The van der Waals surface area contributed by atoms with Gasteiger partial charge in [0.05, 0.1) is 11.6 Å².